The van der Waals surface area contributed by atoms with E-state index < -0.39 is 11.9 Å². The summed E-state index contributed by atoms with van der Waals surface area (Å²) in [5.41, 5.74) is 6.45. The van der Waals surface area contributed by atoms with E-state index in [1.165, 1.54) is 24.3 Å². The topological polar surface area (TPSA) is 92.4 Å². The molecule has 0 aliphatic carbocycles. The minimum Gasteiger partial charge on any atom is -0.478 e. The van der Waals surface area contributed by atoms with Crippen molar-refractivity contribution in [3.63, 3.8) is 0 Å². The maximum Gasteiger partial charge on any atom is 0.337 e. The van der Waals surface area contributed by atoms with Crippen molar-refractivity contribution in [2.45, 2.75) is 0 Å². The second-order valence-corrected chi connectivity index (χ2v) is 5.48. The number of nitrogen functional groups attached to an aromatic ring is 1. The van der Waals surface area contributed by atoms with E-state index in [4.69, 9.17) is 22.4 Å². The van der Waals surface area contributed by atoms with Gasteiger partial charge in [0.1, 0.15) is 0 Å². The largest absolute Gasteiger partial charge is 0.478 e. The number of anilines is 2. The third kappa shape index (κ3) is 3.53. The lowest BCUT2D eigenvalue weighted by molar-refractivity contribution is 0.0698. The standard InChI is InChI=1S/C14H10BrClN2O3/c15-11-3-2-8(17)6-9(11)13(19)18-12-4-1-7(16)5-10(12)14(20)21/h1-6H,17H2,(H,18,19)(H,20,21). The summed E-state index contributed by atoms with van der Waals surface area (Å²) in [6.07, 6.45) is 0. The first-order chi connectivity index (χ1) is 9.88. The van der Waals surface area contributed by atoms with E-state index in [0.29, 0.717) is 15.7 Å². The summed E-state index contributed by atoms with van der Waals surface area (Å²) in [6.45, 7) is 0. The van der Waals surface area contributed by atoms with E-state index >= 15 is 0 Å². The number of carbonyl (C=O) groups is 2. The average Bonchev–Trinajstić information content (AvgIpc) is 2.43. The number of carboxylic acids is 1. The zero-order valence-electron chi connectivity index (χ0n) is 10.6. The van der Waals surface area contributed by atoms with Crippen molar-refractivity contribution in [3.8, 4) is 0 Å². The first-order valence-electron chi connectivity index (χ1n) is 5.77. The lowest BCUT2D eigenvalue weighted by atomic mass is 10.1. The van der Waals surface area contributed by atoms with Crippen LogP contribution >= 0.6 is 27.5 Å². The molecule has 5 nitrogen and oxygen atoms in total. The Balaban J connectivity index is 2.36. The Morgan fingerprint density at radius 2 is 1.86 bits per heavy atom. The molecule has 0 heterocycles. The Morgan fingerprint density at radius 1 is 1.14 bits per heavy atom. The number of hydrogen-bond acceptors (Lipinski definition) is 3. The monoisotopic (exact) mass is 368 g/mol. The highest BCUT2D eigenvalue weighted by Gasteiger charge is 2.16. The molecule has 0 radical (unpaired) electrons. The SMILES string of the molecule is Nc1ccc(Br)c(C(=O)Nc2ccc(Cl)cc2C(=O)O)c1. The Morgan fingerprint density at radius 3 is 2.52 bits per heavy atom. The number of halogens is 2. The van der Waals surface area contributed by atoms with Gasteiger partial charge in [0.15, 0.2) is 0 Å². The quantitative estimate of drug-likeness (QED) is 0.720. The molecule has 0 aliphatic heterocycles. The lowest BCUT2D eigenvalue weighted by Crippen LogP contribution is -2.15. The van der Waals surface area contributed by atoms with Crippen LogP contribution in [0.15, 0.2) is 40.9 Å². The third-order valence-corrected chi connectivity index (χ3v) is 3.62. The highest BCUT2D eigenvalue weighted by atomic mass is 79.9. The van der Waals surface area contributed by atoms with Crippen molar-refractivity contribution in [2.75, 3.05) is 11.1 Å². The van der Waals surface area contributed by atoms with Crippen LogP contribution in [0.25, 0.3) is 0 Å². The van der Waals surface area contributed by atoms with Crippen LogP contribution < -0.4 is 11.1 Å². The summed E-state index contributed by atoms with van der Waals surface area (Å²) in [5, 5.41) is 11.9. The number of carbonyl (C=O) groups excluding carboxylic acids is 1. The van der Waals surface area contributed by atoms with Crippen LogP contribution in [-0.2, 0) is 0 Å². The Hall–Kier alpha value is -2.05. The normalized spacial score (nSPS) is 10.2. The van der Waals surface area contributed by atoms with E-state index in [2.05, 4.69) is 21.2 Å². The lowest BCUT2D eigenvalue weighted by Gasteiger charge is -2.10. The Bertz CT molecular complexity index is 734. The van der Waals surface area contributed by atoms with Gasteiger partial charge in [0.2, 0.25) is 0 Å². The van der Waals surface area contributed by atoms with Crippen LogP contribution in [0.2, 0.25) is 5.02 Å². The summed E-state index contributed by atoms with van der Waals surface area (Å²) in [4.78, 5) is 23.4. The zero-order valence-corrected chi connectivity index (χ0v) is 12.9. The van der Waals surface area contributed by atoms with Gasteiger partial charge in [-0.3, -0.25) is 4.79 Å². The molecule has 0 unspecified atom stereocenters. The molecule has 4 N–H and O–H groups in total. The van der Waals surface area contributed by atoms with Gasteiger partial charge in [0, 0.05) is 15.2 Å². The second-order valence-electron chi connectivity index (χ2n) is 4.19. The molecule has 0 saturated carbocycles. The first-order valence-corrected chi connectivity index (χ1v) is 6.95. The highest BCUT2D eigenvalue weighted by molar-refractivity contribution is 9.10. The van der Waals surface area contributed by atoms with Gasteiger partial charge in [0.05, 0.1) is 16.8 Å². The Labute approximate surface area is 133 Å². The Kier molecular flexibility index (Phi) is 4.50. The minimum atomic E-state index is -1.18. The number of benzene rings is 2. The number of rotatable bonds is 3. The summed E-state index contributed by atoms with van der Waals surface area (Å²) in [6, 6.07) is 8.99. The predicted octanol–water partition coefficient (Wildman–Crippen LogP) is 3.64. The van der Waals surface area contributed by atoms with Gasteiger partial charge in [-0.2, -0.15) is 0 Å². The predicted molar refractivity (Wildman–Crippen MR) is 84.9 cm³/mol. The van der Waals surface area contributed by atoms with Gasteiger partial charge < -0.3 is 16.2 Å². The summed E-state index contributed by atoms with van der Waals surface area (Å²) in [5.74, 6) is -1.65. The van der Waals surface area contributed by atoms with Crippen molar-refractivity contribution >= 4 is 50.8 Å². The van der Waals surface area contributed by atoms with Crippen LogP contribution in [0.4, 0.5) is 11.4 Å². The summed E-state index contributed by atoms with van der Waals surface area (Å²) < 4.78 is 0.556. The number of aromatic carboxylic acids is 1. The smallest absolute Gasteiger partial charge is 0.337 e. The number of nitrogens with two attached hydrogens (primary N) is 1. The molecule has 0 atom stereocenters. The maximum absolute atomic E-state index is 12.2. The molecule has 0 spiro atoms. The van der Waals surface area contributed by atoms with Crippen molar-refractivity contribution in [1.29, 1.82) is 0 Å². The number of hydrogen-bond donors (Lipinski definition) is 3. The number of amides is 1. The highest BCUT2D eigenvalue weighted by Crippen LogP contribution is 2.24. The summed E-state index contributed by atoms with van der Waals surface area (Å²) in [7, 11) is 0. The molecule has 0 saturated heterocycles. The second kappa shape index (κ2) is 6.15. The fourth-order valence-corrected chi connectivity index (χ4v) is 2.31. The van der Waals surface area contributed by atoms with Gasteiger partial charge in [-0.1, -0.05) is 11.6 Å². The van der Waals surface area contributed by atoms with E-state index in [1.807, 2.05) is 0 Å². The van der Waals surface area contributed by atoms with Crippen molar-refractivity contribution in [3.05, 3.63) is 57.0 Å². The van der Waals surface area contributed by atoms with E-state index in [1.54, 1.807) is 12.1 Å². The van der Waals surface area contributed by atoms with Crippen LogP contribution in [-0.4, -0.2) is 17.0 Å². The minimum absolute atomic E-state index is 0.0872. The van der Waals surface area contributed by atoms with E-state index in [0.717, 1.165) is 0 Å². The van der Waals surface area contributed by atoms with Crippen LogP contribution in [0, 0.1) is 0 Å². The molecule has 1 amide bonds. The number of carboxylic acid groups (broad SMARTS) is 1. The van der Waals surface area contributed by atoms with Crippen molar-refractivity contribution in [1.82, 2.24) is 0 Å². The molecule has 0 fully saturated rings. The molecular weight excluding hydrogens is 360 g/mol. The van der Waals surface area contributed by atoms with E-state index in [9.17, 15) is 9.59 Å². The molecule has 108 valence electrons. The van der Waals surface area contributed by atoms with Crippen LogP contribution in [0.1, 0.15) is 20.7 Å². The van der Waals surface area contributed by atoms with Gasteiger partial charge in [-0.15, -0.1) is 0 Å². The fraction of sp³-hybridized carbons (Fsp3) is 0. The van der Waals surface area contributed by atoms with Gasteiger partial charge in [-0.25, -0.2) is 4.79 Å². The van der Waals surface area contributed by atoms with Crippen molar-refractivity contribution in [2.24, 2.45) is 0 Å². The molecule has 2 rings (SSSR count). The molecule has 0 bridgehead atoms. The van der Waals surface area contributed by atoms with Crippen LogP contribution in [0.3, 0.4) is 0 Å². The molecule has 0 aromatic heterocycles. The first kappa shape index (κ1) is 15.3. The van der Waals surface area contributed by atoms with Gasteiger partial charge in [0.25, 0.3) is 5.91 Å². The zero-order chi connectivity index (χ0) is 15.6. The molecule has 0 aliphatic rings. The van der Waals surface area contributed by atoms with Crippen LogP contribution in [0.5, 0.6) is 0 Å². The fourth-order valence-electron chi connectivity index (χ4n) is 1.71. The molecule has 7 heteroatoms. The maximum atomic E-state index is 12.2. The summed E-state index contributed by atoms with van der Waals surface area (Å²) >= 11 is 9.01. The molecule has 21 heavy (non-hydrogen) atoms. The van der Waals surface area contributed by atoms with Crippen molar-refractivity contribution < 1.29 is 14.7 Å². The van der Waals surface area contributed by atoms with Gasteiger partial charge in [-0.05, 0) is 52.3 Å². The molecule has 2 aromatic rings. The third-order valence-electron chi connectivity index (χ3n) is 2.70. The van der Waals surface area contributed by atoms with Gasteiger partial charge >= 0.3 is 5.97 Å². The number of nitrogens with one attached hydrogen (secondary N) is 1. The van der Waals surface area contributed by atoms with E-state index in [-0.39, 0.29) is 16.3 Å². The molecular formula is C14H10BrClN2O3. The average molecular weight is 370 g/mol. The molecule has 2 aromatic carbocycles.